The maximum atomic E-state index is 10.6. The molecule has 0 bridgehead atoms. The highest BCUT2D eigenvalue weighted by molar-refractivity contribution is 5.31. The molecule has 7 atom stereocenters. The van der Waals surface area contributed by atoms with Gasteiger partial charge in [0.1, 0.15) is 0 Å². The Kier molecular flexibility index (Phi) is 3.59. The van der Waals surface area contributed by atoms with Crippen molar-refractivity contribution < 1.29 is 10.2 Å². The number of hydrogen-bond acceptors (Lipinski definition) is 2. The van der Waals surface area contributed by atoms with Crippen LogP contribution < -0.4 is 0 Å². The monoisotopic (exact) mass is 316 g/mol. The molecule has 0 saturated heterocycles. The van der Waals surface area contributed by atoms with Gasteiger partial charge in [-0.2, -0.15) is 0 Å². The molecule has 3 fully saturated rings. The Hall–Kier alpha value is -0.600. The summed E-state index contributed by atoms with van der Waals surface area (Å²) in [6, 6.07) is 0. The largest absolute Gasteiger partial charge is 0.393 e. The normalized spacial score (nSPS) is 54.2. The summed E-state index contributed by atoms with van der Waals surface area (Å²) in [7, 11) is 0. The molecule has 3 saturated carbocycles. The molecule has 128 valence electrons. The topological polar surface area (TPSA) is 40.5 Å². The fourth-order valence-electron chi connectivity index (χ4n) is 7.03. The lowest BCUT2D eigenvalue weighted by atomic mass is 9.48. The Morgan fingerprint density at radius 3 is 2.57 bits per heavy atom. The minimum absolute atomic E-state index is 0.123. The van der Waals surface area contributed by atoms with Crippen LogP contribution in [0.1, 0.15) is 65.7 Å². The average molecular weight is 316 g/mol. The van der Waals surface area contributed by atoms with Crippen LogP contribution in [0.4, 0.5) is 0 Å². The van der Waals surface area contributed by atoms with Crippen LogP contribution in [0.3, 0.4) is 0 Å². The molecule has 0 heterocycles. The van der Waals surface area contributed by atoms with E-state index in [0.29, 0.717) is 17.3 Å². The predicted molar refractivity (Wildman–Crippen MR) is 92.9 cm³/mol. The molecule has 4 rings (SSSR count). The van der Waals surface area contributed by atoms with Crippen molar-refractivity contribution in [3.63, 3.8) is 0 Å². The van der Waals surface area contributed by atoms with Gasteiger partial charge >= 0.3 is 0 Å². The van der Waals surface area contributed by atoms with Crippen LogP contribution in [-0.2, 0) is 0 Å². The molecule has 2 N–H and O–H groups in total. The Morgan fingerprint density at radius 1 is 1.09 bits per heavy atom. The van der Waals surface area contributed by atoms with E-state index in [1.807, 2.05) is 0 Å². The third kappa shape index (κ3) is 2.07. The van der Waals surface area contributed by atoms with Crippen LogP contribution in [0.2, 0.25) is 0 Å². The molecule has 2 heteroatoms. The highest BCUT2D eigenvalue weighted by atomic mass is 16.3. The third-order valence-electron chi connectivity index (χ3n) is 8.27. The molecule has 0 aliphatic heterocycles. The minimum Gasteiger partial charge on any atom is -0.393 e. The van der Waals surface area contributed by atoms with Crippen molar-refractivity contribution in [2.24, 2.45) is 28.6 Å². The van der Waals surface area contributed by atoms with Crippen molar-refractivity contribution in [3.8, 4) is 0 Å². The molecule has 4 aliphatic rings. The van der Waals surface area contributed by atoms with Crippen LogP contribution in [0, 0.1) is 28.6 Å². The molecule has 2 unspecified atom stereocenters. The van der Waals surface area contributed by atoms with Gasteiger partial charge in [-0.05, 0) is 86.0 Å². The zero-order chi connectivity index (χ0) is 16.4. The molecule has 0 spiro atoms. The number of fused-ring (bicyclic) bond motifs is 5. The van der Waals surface area contributed by atoms with E-state index in [0.717, 1.165) is 38.0 Å². The first-order valence-electron chi connectivity index (χ1n) is 9.62. The number of hydrogen-bond donors (Lipinski definition) is 2. The summed E-state index contributed by atoms with van der Waals surface area (Å²) >= 11 is 0. The fourth-order valence-corrected chi connectivity index (χ4v) is 7.03. The van der Waals surface area contributed by atoms with Gasteiger partial charge in [0.25, 0.3) is 0 Å². The highest BCUT2D eigenvalue weighted by Crippen LogP contribution is 2.66. The van der Waals surface area contributed by atoms with Gasteiger partial charge in [-0.15, -0.1) is 0 Å². The summed E-state index contributed by atoms with van der Waals surface area (Å²) in [6.07, 6.45) is 11.9. The van der Waals surface area contributed by atoms with Crippen molar-refractivity contribution in [1.29, 1.82) is 0 Å². The number of aliphatic hydroxyl groups excluding tert-OH is 2. The molecule has 23 heavy (non-hydrogen) atoms. The van der Waals surface area contributed by atoms with Crippen molar-refractivity contribution in [2.45, 2.75) is 77.9 Å². The minimum atomic E-state index is -0.222. The average Bonchev–Trinajstić information content (AvgIpc) is 2.77. The van der Waals surface area contributed by atoms with Gasteiger partial charge in [0.15, 0.2) is 0 Å². The van der Waals surface area contributed by atoms with Gasteiger partial charge in [-0.25, -0.2) is 0 Å². The maximum absolute atomic E-state index is 10.6. The van der Waals surface area contributed by atoms with E-state index in [9.17, 15) is 10.2 Å². The van der Waals surface area contributed by atoms with Crippen LogP contribution in [-0.4, -0.2) is 22.4 Å². The van der Waals surface area contributed by atoms with Gasteiger partial charge in [0.2, 0.25) is 0 Å². The smallest absolute Gasteiger partial charge is 0.0758 e. The fraction of sp³-hybridized carbons (Fsp3) is 0.810. The second kappa shape index (κ2) is 5.20. The molecule has 0 aromatic rings. The Bertz CT molecular complexity index is 562. The van der Waals surface area contributed by atoms with Crippen LogP contribution in [0.25, 0.3) is 0 Å². The van der Waals surface area contributed by atoms with E-state index in [4.69, 9.17) is 0 Å². The second-order valence-corrected chi connectivity index (χ2v) is 9.11. The standard InChI is InChI=1S/C21H32O2/c1-4-16-19(23)12-18-15-6-5-13-11-14(22)7-9-20(13,2)17(15)8-10-21(16,18)3/h4-5,14-15,17-19,22-23H,6-12H2,1-3H3/t14-,15+,17-,18-,19?,20?,21+/m0/s1. The predicted octanol–water partition coefficient (Wildman–Crippen LogP) is 4.23. The van der Waals surface area contributed by atoms with Gasteiger partial charge in [0.05, 0.1) is 12.2 Å². The SMILES string of the molecule is CC=C1C(O)C[C@H]2[C@@H]3CC=C4C[C@@H](O)CCC4(C)[C@H]3CC[C@]12C. The summed E-state index contributed by atoms with van der Waals surface area (Å²) in [4.78, 5) is 0. The van der Waals surface area contributed by atoms with Gasteiger partial charge in [-0.3, -0.25) is 0 Å². The Balaban J connectivity index is 1.70. The first kappa shape index (κ1) is 15.9. The zero-order valence-electron chi connectivity index (χ0n) is 14.9. The molecular formula is C21H32O2. The lowest BCUT2D eigenvalue weighted by molar-refractivity contribution is -0.0278. The summed E-state index contributed by atoms with van der Waals surface area (Å²) in [6.45, 7) is 6.97. The van der Waals surface area contributed by atoms with Crippen molar-refractivity contribution in [1.82, 2.24) is 0 Å². The first-order valence-corrected chi connectivity index (χ1v) is 9.62. The summed E-state index contributed by atoms with van der Waals surface area (Å²) < 4.78 is 0. The van der Waals surface area contributed by atoms with E-state index in [2.05, 4.69) is 32.9 Å². The molecule has 0 aromatic carbocycles. The summed E-state index contributed by atoms with van der Waals surface area (Å²) in [5.41, 5.74) is 3.35. The van der Waals surface area contributed by atoms with Crippen LogP contribution >= 0.6 is 0 Å². The van der Waals surface area contributed by atoms with Crippen molar-refractivity contribution in [2.75, 3.05) is 0 Å². The van der Waals surface area contributed by atoms with Gasteiger partial charge in [0, 0.05) is 0 Å². The lowest BCUT2D eigenvalue weighted by Gasteiger charge is -2.57. The first-order chi connectivity index (χ1) is 10.9. The summed E-state index contributed by atoms with van der Waals surface area (Å²) in [5, 5.41) is 20.7. The van der Waals surface area contributed by atoms with Crippen LogP contribution in [0.15, 0.2) is 23.3 Å². The van der Waals surface area contributed by atoms with E-state index < -0.39 is 0 Å². The van der Waals surface area contributed by atoms with E-state index in [1.54, 1.807) is 0 Å². The van der Waals surface area contributed by atoms with Crippen molar-refractivity contribution >= 4 is 0 Å². The number of aliphatic hydroxyl groups is 2. The quantitative estimate of drug-likeness (QED) is 0.657. The van der Waals surface area contributed by atoms with Gasteiger partial charge < -0.3 is 10.2 Å². The zero-order valence-corrected chi connectivity index (χ0v) is 14.9. The molecule has 4 aliphatic carbocycles. The van der Waals surface area contributed by atoms with E-state index in [1.165, 1.54) is 24.0 Å². The Morgan fingerprint density at radius 2 is 1.83 bits per heavy atom. The Labute approximate surface area is 140 Å². The molecular weight excluding hydrogens is 284 g/mol. The lowest BCUT2D eigenvalue weighted by Crippen LogP contribution is -2.49. The molecule has 0 aromatic heterocycles. The summed E-state index contributed by atoms with van der Waals surface area (Å²) in [5.74, 6) is 2.09. The van der Waals surface area contributed by atoms with Crippen molar-refractivity contribution in [3.05, 3.63) is 23.3 Å². The molecule has 2 nitrogen and oxygen atoms in total. The van der Waals surface area contributed by atoms with E-state index in [-0.39, 0.29) is 17.6 Å². The number of rotatable bonds is 0. The van der Waals surface area contributed by atoms with Crippen LogP contribution in [0.5, 0.6) is 0 Å². The highest BCUT2D eigenvalue weighted by Gasteiger charge is 2.58. The third-order valence-corrected chi connectivity index (χ3v) is 8.27. The maximum Gasteiger partial charge on any atom is 0.0758 e. The second-order valence-electron chi connectivity index (χ2n) is 9.11. The van der Waals surface area contributed by atoms with E-state index >= 15 is 0 Å². The van der Waals surface area contributed by atoms with Gasteiger partial charge in [-0.1, -0.05) is 31.6 Å². The molecule has 0 amide bonds. The number of allylic oxidation sites excluding steroid dienone is 2. The molecule has 0 radical (unpaired) electrons.